The van der Waals surface area contributed by atoms with E-state index in [0.717, 1.165) is 25.7 Å². The summed E-state index contributed by atoms with van der Waals surface area (Å²) in [7, 11) is 2.00. The summed E-state index contributed by atoms with van der Waals surface area (Å²) in [5.41, 5.74) is 1.21. The summed E-state index contributed by atoms with van der Waals surface area (Å²) < 4.78 is 2.06. The molecule has 1 aromatic rings. The minimum atomic E-state index is -0.919. The first-order valence-electron chi connectivity index (χ1n) is 8.27. The molecule has 1 heterocycles. The van der Waals surface area contributed by atoms with Gasteiger partial charge in [0.05, 0.1) is 6.10 Å². The number of hydrogen-bond donors (Lipinski definition) is 3. The highest BCUT2D eigenvalue weighted by Crippen LogP contribution is 2.28. The molecule has 2 rings (SSSR count). The second-order valence-corrected chi connectivity index (χ2v) is 6.56. The summed E-state index contributed by atoms with van der Waals surface area (Å²) >= 11 is 0. The van der Waals surface area contributed by atoms with E-state index in [-0.39, 0.29) is 23.8 Å². The fraction of sp³-hybridized carbons (Fsp3) is 0.647. The molecule has 3 atom stereocenters. The Kier molecular flexibility index (Phi) is 5.82. The van der Waals surface area contributed by atoms with Crippen molar-refractivity contribution in [2.75, 3.05) is 0 Å². The Morgan fingerprint density at radius 2 is 2.04 bits per heavy atom. The quantitative estimate of drug-likeness (QED) is 0.660. The molecular formula is C17H27N3O3. The van der Waals surface area contributed by atoms with Crippen molar-refractivity contribution in [3.8, 4) is 0 Å². The number of aliphatic hydroxyl groups excluding tert-OH is 1. The summed E-state index contributed by atoms with van der Waals surface area (Å²) in [5.74, 6) is -0.449. The Hall–Kier alpha value is -1.82. The molecule has 1 aromatic heterocycles. The second-order valence-electron chi connectivity index (χ2n) is 6.56. The van der Waals surface area contributed by atoms with Gasteiger partial charge in [-0.1, -0.05) is 0 Å². The van der Waals surface area contributed by atoms with Crippen LogP contribution in [-0.4, -0.2) is 39.7 Å². The van der Waals surface area contributed by atoms with E-state index in [1.807, 2.05) is 26.2 Å². The molecule has 0 aliphatic heterocycles. The number of carbonyl (C=O) groups excluding carboxylic acids is 2. The molecule has 1 aliphatic rings. The normalized spacial score (nSPS) is 18.1. The number of amides is 2. The van der Waals surface area contributed by atoms with Gasteiger partial charge in [0, 0.05) is 30.9 Å². The summed E-state index contributed by atoms with van der Waals surface area (Å²) in [4.78, 5) is 24.1. The maximum atomic E-state index is 12.3. The standard InChI is InChI=1S/C17H27N3O3/c1-11(6-9-14-5-4-10-20(14)3)18-17(23)15(12(2)21)19-16(22)13-7-8-13/h4-5,10-13,15,21H,6-9H2,1-3H3,(H,18,23)(H,19,22). The first kappa shape index (κ1) is 17.5. The van der Waals surface area contributed by atoms with Crippen molar-refractivity contribution in [1.82, 2.24) is 15.2 Å². The minimum Gasteiger partial charge on any atom is -0.391 e. The number of rotatable bonds is 8. The van der Waals surface area contributed by atoms with Gasteiger partial charge in [0.1, 0.15) is 6.04 Å². The Morgan fingerprint density at radius 1 is 1.35 bits per heavy atom. The van der Waals surface area contributed by atoms with Crippen molar-refractivity contribution in [2.45, 2.75) is 57.7 Å². The van der Waals surface area contributed by atoms with E-state index in [9.17, 15) is 14.7 Å². The van der Waals surface area contributed by atoms with Gasteiger partial charge in [-0.25, -0.2) is 0 Å². The summed E-state index contributed by atoms with van der Waals surface area (Å²) in [6, 6.07) is 3.13. The van der Waals surface area contributed by atoms with Crippen LogP contribution in [0.3, 0.4) is 0 Å². The topological polar surface area (TPSA) is 83.4 Å². The molecule has 0 radical (unpaired) electrons. The fourth-order valence-electron chi connectivity index (χ4n) is 2.55. The van der Waals surface area contributed by atoms with Crippen molar-refractivity contribution in [2.24, 2.45) is 13.0 Å². The molecule has 6 heteroatoms. The lowest BCUT2D eigenvalue weighted by molar-refractivity contribution is -0.132. The van der Waals surface area contributed by atoms with Crippen molar-refractivity contribution in [1.29, 1.82) is 0 Å². The molecule has 3 unspecified atom stereocenters. The average molecular weight is 321 g/mol. The third-order valence-corrected chi connectivity index (χ3v) is 4.28. The van der Waals surface area contributed by atoms with Crippen LogP contribution in [0.4, 0.5) is 0 Å². The van der Waals surface area contributed by atoms with Gasteiger partial charge < -0.3 is 20.3 Å². The SMILES string of the molecule is CC(CCc1cccn1C)NC(=O)C(NC(=O)C1CC1)C(C)O. The minimum absolute atomic E-state index is 0.0128. The van der Waals surface area contributed by atoms with E-state index >= 15 is 0 Å². The van der Waals surface area contributed by atoms with Gasteiger partial charge in [0.15, 0.2) is 0 Å². The third-order valence-electron chi connectivity index (χ3n) is 4.28. The largest absolute Gasteiger partial charge is 0.391 e. The highest BCUT2D eigenvalue weighted by atomic mass is 16.3. The molecule has 128 valence electrons. The van der Waals surface area contributed by atoms with Crippen LogP contribution in [0.15, 0.2) is 18.3 Å². The predicted octanol–water partition coefficient (Wildman–Crippen LogP) is 0.738. The second kappa shape index (κ2) is 7.64. The summed E-state index contributed by atoms with van der Waals surface area (Å²) in [5, 5.41) is 15.3. The lowest BCUT2D eigenvalue weighted by Gasteiger charge is -2.23. The van der Waals surface area contributed by atoms with E-state index in [2.05, 4.69) is 21.3 Å². The van der Waals surface area contributed by atoms with Crippen LogP contribution in [-0.2, 0) is 23.1 Å². The molecule has 3 N–H and O–H groups in total. The third kappa shape index (κ3) is 5.10. The average Bonchev–Trinajstić information content (AvgIpc) is 3.25. The molecule has 6 nitrogen and oxygen atoms in total. The van der Waals surface area contributed by atoms with Crippen molar-refractivity contribution >= 4 is 11.8 Å². The maximum absolute atomic E-state index is 12.3. The van der Waals surface area contributed by atoms with Crippen LogP contribution in [0, 0.1) is 5.92 Å². The zero-order valence-electron chi connectivity index (χ0n) is 14.1. The zero-order chi connectivity index (χ0) is 17.0. The van der Waals surface area contributed by atoms with Crippen LogP contribution in [0.1, 0.15) is 38.8 Å². The Balaban J connectivity index is 1.82. The van der Waals surface area contributed by atoms with Crippen LogP contribution in [0.5, 0.6) is 0 Å². The van der Waals surface area contributed by atoms with E-state index < -0.39 is 12.1 Å². The maximum Gasteiger partial charge on any atom is 0.245 e. The van der Waals surface area contributed by atoms with Crippen LogP contribution in [0.2, 0.25) is 0 Å². The molecule has 0 saturated heterocycles. The van der Waals surface area contributed by atoms with Crippen LogP contribution in [0.25, 0.3) is 0 Å². The molecule has 23 heavy (non-hydrogen) atoms. The van der Waals surface area contributed by atoms with E-state index in [1.54, 1.807) is 0 Å². The molecule has 1 aliphatic carbocycles. The van der Waals surface area contributed by atoms with Gasteiger partial charge in [-0.2, -0.15) is 0 Å². The highest BCUT2D eigenvalue weighted by molar-refractivity contribution is 5.89. The van der Waals surface area contributed by atoms with E-state index in [4.69, 9.17) is 0 Å². The summed E-state index contributed by atoms with van der Waals surface area (Å²) in [6.07, 6.45) is 4.47. The number of hydrogen-bond acceptors (Lipinski definition) is 3. The van der Waals surface area contributed by atoms with Gasteiger partial charge in [-0.05, 0) is 51.7 Å². The van der Waals surface area contributed by atoms with Crippen LogP contribution >= 0.6 is 0 Å². The Morgan fingerprint density at radius 3 is 2.57 bits per heavy atom. The van der Waals surface area contributed by atoms with E-state index in [0.29, 0.717) is 0 Å². The predicted molar refractivity (Wildman–Crippen MR) is 87.7 cm³/mol. The van der Waals surface area contributed by atoms with Gasteiger partial charge in [0.25, 0.3) is 0 Å². The number of nitrogens with one attached hydrogen (secondary N) is 2. The van der Waals surface area contributed by atoms with Crippen molar-refractivity contribution < 1.29 is 14.7 Å². The molecule has 1 fully saturated rings. The first-order valence-corrected chi connectivity index (χ1v) is 8.27. The van der Waals surface area contributed by atoms with Crippen LogP contribution < -0.4 is 10.6 Å². The Bertz CT molecular complexity index is 549. The van der Waals surface area contributed by atoms with Crippen molar-refractivity contribution in [3.63, 3.8) is 0 Å². The monoisotopic (exact) mass is 321 g/mol. The Labute approximate surface area is 137 Å². The number of aryl methyl sites for hydroxylation is 2. The molecule has 1 saturated carbocycles. The van der Waals surface area contributed by atoms with Gasteiger partial charge in [-0.15, -0.1) is 0 Å². The molecule has 0 bridgehead atoms. The molecule has 0 aromatic carbocycles. The highest BCUT2D eigenvalue weighted by Gasteiger charge is 2.34. The lowest BCUT2D eigenvalue weighted by atomic mass is 10.1. The number of carbonyl (C=O) groups is 2. The first-order chi connectivity index (χ1) is 10.9. The van der Waals surface area contributed by atoms with Gasteiger partial charge in [-0.3, -0.25) is 9.59 Å². The smallest absolute Gasteiger partial charge is 0.245 e. The summed E-state index contributed by atoms with van der Waals surface area (Å²) in [6.45, 7) is 3.45. The van der Waals surface area contributed by atoms with Gasteiger partial charge >= 0.3 is 0 Å². The van der Waals surface area contributed by atoms with Crippen molar-refractivity contribution in [3.05, 3.63) is 24.0 Å². The molecule has 0 spiro atoms. The number of aromatic nitrogens is 1. The number of aliphatic hydroxyl groups is 1. The molecule has 2 amide bonds. The van der Waals surface area contributed by atoms with Gasteiger partial charge in [0.2, 0.25) is 11.8 Å². The van der Waals surface area contributed by atoms with E-state index in [1.165, 1.54) is 12.6 Å². The fourth-order valence-corrected chi connectivity index (χ4v) is 2.55. The number of nitrogens with zero attached hydrogens (tertiary/aromatic N) is 1. The molecular weight excluding hydrogens is 294 g/mol. The lowest BCUT2D eigenvalue weighted by Crippen LogP contribution is -2.54. The zero-order valence-corrected chi connectivity index (χ0v) is 14.1.